The van der Waals surface area contributed by atoms with Crippen LogP contribution in [0.15, 0.2) is 48.5 Å². The maximum atomic E-state index is 12.7. The van der Waals surface area contributed by atoms with Gasteiger partial charge < -0.3 is 25.0 Å². The van der Waals surface area contributed by atoms with Gasteiger partial charge in [0.1, 0.15) is 17.5 Å². The second-order valence-corrected chi connectivity index (χ2v) is 6.23. The van der Waals surface area contributed by atoms with Gasteiger partial charge in [0.05, 0.1) is 14.2 Å². The molecule has 0 spiro atoms. The Labute approximate surface area is 158 Å². The predicted molar refractivity (Wildman–Crippen MR) is 103 cm³/mol. The van der Waals surface area contributed by atoms with E-state index >= 15 is 0 Å². The molecular formula is C20H23N3O4. The van der Waals surface area contributed by atoms with Gasteiger partial charge in [-0.1, -0.05) is 6.07 Å². The van der Waals surface area contributed by atoms with Crippen molar-refractivity contribution in [1.29, 1.82) is 0 Å². The first-order valence-corrected chi connectivity index (χ1v) is 8.77. The van der Waals surface area contributed by atoms with Crippen molar-refractivity contribution in [2.24, 2.45) is 0 Å². The van der Waals surface area contributed by atoms with Gasteiger partial charge in [-0.05, 0) is 49.2 Å². The number of ether oxygens (including phenoxy) is 2. The molecule has 1 heterocycles. The van der Waals surface area contributed by atoms with Crippen molar-refractivity contribution >= 4 is 23.3 Å². The Morgan fingerprint density at radius 3 is 2.41 bits per heavy atom. The highest BCUT2D eigenvalue weighted by Gasteiger charge is 2.34. The molecule has 0 saturated carbocycles. The maximum Gasteiger partial charge on any atom is 0.322 e. The smallest absolute Gasteiger partial charge is 0.322 e. The highest BCUT2D eigenvalue weighted by molar-refractivity contribution is 5.99. The van der Waals surface area contributed by atoms with Gasteiger partial charge in [0.25, 0.3) is 0 Å². The van der Waals surface area contributed by atoms with Crippen LogP contribution in [0.1, 0.15) is 12.8 Å². The zero-order valence-corrected chi connectivity index (χ0v) is 15.4. The van der Waals surface area contributed by atoms with E-state index in [-0.39, 0.29) is 11.9 Å². The van der Waals surface area contributed by atoms with E-state index in [1.54, 1.807) is 67.7 Å². The lowest BCUT2D eigenvalue weighted by Crippen LogP contribution is -2.45. The summed E-state index contributed by atoms with van der Waals surface area (Å²) >= 11 is 0. The highest BCUT2D eigenvalue weighted by atomic mass is 16.5. The minimum atomic E-state index is -0.502. The van der Waals surface area contributed by atoms with Crippen molar-refractivity contribution in [2.75, 3.05) is 31.4 Å². The van der Waals surface area contributed by atoms with Crippen LogP contribution in [0.3, 0.4) is 0 Å². The second kappa shape index (κ2) is 8.44. The van der Waals surface area contributed by atoms with E-state index in [2.05, 4.69) is 10.6 Å². The fourth-order valence-electron chi connectivity index (χ4n) is 3.08. The number of methoxy groups -OCH3 is 2. The summed E-state index contributed by atoms with van der Waals surface area (Å²) in [6, 6.07) is 13.4. The third-order valence-corrected chi connectivity index (χ3v) is 4.49. The first-order chi connectivity index (χ1) is 13.1. The average molecular weight is 369 g/mol. The zero-order chi connectivity index (χ0) is 19.2. The van der Waals surface area contributed by atoms with Crippen LogP contribution in [0, 0.1) is 0 Å². The van der Waals surface area contributed by atoms with Gasteiger partial charge in [-0.15, -0.1) is 0 Å². The molecule has 3 rings (SSSR count). The van der Waals surface area contributed by atoms with Crippen molar-refractivity contribution in [2.45, 2.75) is 18.9 Å². The van der Waals surface area contributed by atoms with Gasteiger partial charge >= 0.3 is 6.03 Å². The average Bonchev–Trinajstić information content (AvgIpc) is 3.19. The molecule has 1 aliphatic rings. The van der Waals surface area contributed by atoms with E-state index in [4.69, 9.17) is 9.47 Å². The lowest BCUT2D eigenvalue weighted by atomic mass is 10.2. The van der Waals surface area contributed by atoms with Crippen molar-refractivity contribution in [3.63, 3.8) is 0 Å². The number of amides is 3. The molecule has 3 amide bonds. The summed E-state index contributed by atoms with van der Waals surface area (Å²) in [5.74, 6) is 1.18. The quantitative estimate of drug-likeness (QED) is 0.847. The van der Waals surface area contributed by atoms with Crippen LogP contribution >= 0.6 is 0 Å². The Hall–Kier alpha value is -3.22. The number of rotatable bonds is 5. The summed E-state index contributed by atoms with van der Waals surface area (Å²) in [7, 11) is 3.16. The maximum absolute atomic E-state index is 12.7. The lowest BCUT2D eigenvalue weighted by Gasteiger charge is -2.24. The molecule has 27 heavy (non-hydrogen) atoms. The summed E-state index contributed by atoms with van der Waals surface area (Å²) in [6.45, 7) is 0.538. The van der Waals surface area contributed by atoms with E-state index in [9.17, 15) is 9.59 Å². The first-order valence-electron chi connectivity index (χ1n) is 8.77. The number of hydrogen-bond donors (Lipinski definition) is 2. The minimum absolute atomic E-state index is 0.196. The van der Waals surface area contributed by atoms with Crippen LogP contribution in [-0.4, -0.2) is 43.6 Å². The van der Waals surface area contributed by atoms with Gasteiger partial charge in [0.2, 0.25) is 5.91 Å². The molecule has 2 aromatic rings. The van der Waals surface area contributed by atoms with Crippen molar-refractivity contribution < 1.29 is 19.1 Å². The Kier molecular flexibility index (Phi) is 5.80. The van der Waals surface area contributed by atoms with Crippen LogP contribution in [-0.2, 0) is 4.79 Å². The van der Waals surface area contributed by atoms with E-state index in [1.165, 1.54) is 0 Å². The van der Waals surface area contributed by atoms with E-state index in [0.29, 0.717) is 35.8 Å². The van der Waals surface area contributed by atoms with E-state index in [0.717, 1.165) is 6.42 Å². The van der Waals surface area contributed by atoms with Crippen LogP contribution in [0.4, 0.5) is 16.2 Å². The molecule has 2 aromatic carbocycles. The molecule has 1 saturated heterocycles. The molecule has 1 fully saturated rings. The van der Waals surface area contributed by atoms with Crippen LogP contribution in [0.25, 0.3) is 0 Å². The molecule has 142 valence electrons. The Morgan fingerprint density at radius 1 is 0.963 bits per heavy atom. The molecule has 0 bridgehead atoms. The van der Waals surface area contributed by atoms with E-state index in [1.807, 2.05) is 0 Å². The summed E-state index contributed by atoms with van der Waals surface area (Å²) in [5, 5.41) is 5.70. The summed E-state index contributed by atoms with van der Waals surface area (Å²) in [6.07, 6.45) is 1.42. The van der Waals surface area contributed by atoms with Crippen LogP contribution in [0.5, 0.6) is 11.5 Å². The third kappa shape index (κ3) is 4.49. The van der Waals surface area contributed by atoms with Crippen LogP contribution in [0.2, 0.25) is 0 Å². The number of nitrogens with one attached hydrogen (secondary N) is 2. The molecule has 7 nitrogen and oxygen atoms in total. The van der Waals surface area contributed by atoms with Gasteiger partial charge in [-0.25, -0.2) is 4.79 Å². The van der Waals surface area contributed by atoms with Gasteiger partial charge in [-0.2, -0.15) is 0 Å². The molecule has 0 aromatic heterocycles. The number of carbonyl (C=O) groups is 2. The number of benzene rings is 2. The normalized spacial score (nSPS) is 15.9. The van der Waals surface area contributed by atoms with Crippen molar-refractivity contribution in [3.05, 3.63) is 48.5 Å². The molecule has 2 N–H and O–H groups in total. The van der Waals surface area contributed by atoms with Crippen molar-refractivity contribution in [1.82, 2.24) is 4.90 Å². The summed E-state index contributed by atoms with van der Waals surface area (Å²) < 4.78 is 10.3. The topological polar surface area (TPSA) is 79.9 Å². The van der Waals surface area contributed by atoms with Gasteiger partial charge in [-0.3, -0.25) is 4.79 Å². The number of anilines is 2. The summed E-state index contributed by atoms with van der Waals surface area (Å²) in [5.41, 5.74) is 1.29. The molecule has 0 radical (unpaired) electrons. The Balaban J connectivity index is 1.64. The number of nitrogens with zero attached hydrogens (tertiary/aromatic N) is 1. The minimum Gasteiger partial charge on any atom is -0.497 e. The first kappa shape index (κ1) is 18.6. The largest absolute Gasteiger partial charge is 0.497 e. The lowest BCUT2D eigenvalue weighted by molar-refractivity contribution is -0.119. The number of carbonyl (C=O) groups excluding carboxylic acids is 2. The molecule has 7 heteroatoms. The van der Waals surface area contributed by atoms with Gasteiger partial charge in [0.15, 0.2) is 0 Å². The van der Waals surface area contributed by atoms with Gasteiger partial charge in [0, 0.05) is 24.0 Å². The zero-order valence-electron chi connectivity index (χ0n) is 15.4. The fraction of sp³-hybridized carbons (Fsp3) is 0.300. The highest BCUT2D eigenvalue weighted by Crippen LogP contribution is 2.23. The summed E-state index contributed by atoms with van der Waals surface area (Å²) in [4.78, 5) is 26.9. The third-order valence-electron chi connectivity index (χ3n) is 4.49. The fourth-order valence-corrected chi connectivity index (χ4v) is 3.08. The molecule has 0 unspecified atom stereocenters. The second-order valence-electron chi connectivity index (χ2n) is 6.23. The molecule has 1 aliphatic heterocycles. The molecule has 0 aliphatic carbocycles. The standard InChI is InChI=1S/C20H23N3O4/c1-26-16-10-8-14(9-11-16)21-19(24)18-7-4-12-23(18)20(25)22-15-5-3-6-17(13-15)27-2/h3,5-6,8-11,13,18H,4,7,12H2,1-2H3,(H,21,24)(H,22,25)/t18-/m0/s1. The number of hydrogen-bond acceptors (Lipinski definition) is 4. The molecule has 1 atom stereocenters. The SMILES string of the molecule is COc1ccc(NC(=O)[C@@H]2CCCN2C(=O)Nc2cccc(OC)c2)cc1. The number of urea groups is 1. The number of likely N-dealkylation sites (tertiary alicyclic amines) is 1. The monoisotopic (exact) mass is 369 g/mol. The van der Waals surface area contributed by atoms with Crippen molar-refractivity contribution in [3.8, 4) is 11.5 Å². The van der Waals surface area contributed by atoms with Crippen LogP contribution < -0.4 is 20.1 Å². The molecular weight excluding hydrogens is 346 g/mol. The Bertz CT molecular complexity index is 807. The predicted octanol–water partition coefficient (Wildman–Crippen LogP) is 3.34. The van der Waals surface area contributed by atoms with E-state index < -0.39 is 6.04 Å². The Morgan fingerprint density at radius 2 is 1.70 bits per heavy atom.